The molecule has 0 aliphatic heterocycles. The number of hydrogen-bond donors (Lipinski definition) is 2. The molecule has 2 amide bonds. The second-order valence-electron chi connectivity index (χ2n) is 6.55. The van der Waals surface area contributed by atoms with E-state index < -0.39 is 11.9 Å². The van der Waals surface area contributed by atoms with E-state index in [4.69, 9.17) is 0 Å². The number of amides is 2. The van der Waals surface area contributed by atoms with Gasteiger partial charge in [-0.3, -0.25) is 9.59 Å². The van der Waals surface area contributed by atoms with E-state index >= 15 is 0 Å². The third-order valence-corrected chi connectivity index (χ3v) is 4.19. The van der Waals surface area contributed by atoms with Gasteiger partial charge in [0.1, 0.15) is 0 Å². The highest BCUT2D eigenvalue weighted by molar-refractivity contribution is 5.91. The molecule has 0 spiro atoms. The van der Waals surface area contributed by atoms with Crippen LogP contribution in [0.5, 0.6) is 0 Å². The molecule has 2 N–H and O–H groups in total. The molecule has 0 aliphatic carbocycles. The summed E-state index contributed by atoms with van der Waals surface area (Å²) in [5.74, 6) is -0.926. The number of carbonyl (C=O) groups excluding carboxylic acids is 3. The molecular weight excluding hydrogens is 358 g/mol. The largest absolute Gasteiger partial charge is 0.465 e. The Bertz CT molecular complexity index is 642. The number of ether oxygens (including phenoxy) is 1. The molecule has 0 saturated heterocycles. The van der Waals surface area contributed by atoms with Gasteiger partial charge in [-0.15, -0.1) is 0 Å². The van der Waals surface area contributed by atoms with Crippen molar-refractivity contribution in [1.29, 1.82) is 0 Å². The topological polar surface area (TPSA) is 96.9 Å². The predicted molar refractivity (Wildman–Crippen MR) is 109 cm³/mol. The van der Waals surface area contributed by atoms with Gasteiger partial charge in [0.2, 0.25) is 5.91 Å². The monoisotopic (exact) mass is 389 g/mol. The summed E-state index contributed by atoms with van der Waals surface area (Å²) in [4.78, 5) is 34.8. The number of esters is 1. The molecule has 0 bridgehead atoms. The fourth-order valence-corrected chi connectivity index (χ4v) is 2.55. The molecule has 1 rings (SSSR count). The normalized spacial score (nSPS) is 10.6. The Morgan fingerprint density at radius 2 is 1.61 bits per heavy atom. The van der Waals surface area contributed by atoms with Crippen LogP contribution in [0.4, 0.5) is 0 Å². The van der Waals surface area contributed by atoms with Crippen molar-refractivity contribution >= 4 is 24.0 Å². The third kappa shape index (κ3) is 10.4. The minimum Gasteiger partial charge on any atom is -0.465 e. The molecular formula is C21H31N3O4. The zero-order chi connectivity index (χ0) is 20.6. The summed E-state index contributed by atoms with van der Waals surface area (Å²) in [5.41, 5.74) is 3.51. The quantitative estimate of drug-likeness (QED) is 0.234. The van der Waals surface area contributed by atoms with Crippen LogP contribution in [0.15, 0.2) is 29.4 Å². The highest BCUT2D eigenvalue weighted by Crippen LogP contribution is 2.08. The summed E-state index contributed by atoms with van der Waals surface area (Å²) < 4.78 is 4.62. The highest BCUT2D eigenvalue weighted by Gasteiger charge is 2.05. The average Bonchev–Trinajstić information content (AvgIpc) is 2.71. The van der Waals surface area contributed by atoms with E-state index in [0.29, 0.717) is 12.0 Å². The van der Waals surface area contributed by atoms with Gasteiger partial charge >= 0.3 is 5.97 Å². The van der Waals surface area contributed by atoms with E-state index in [1.165, 1.54) is 39.0 Å². The molecule has 0 aliphatic rings. The third-order valence-electron chi connectivity index (χ3n) is 4.19. The van der Waals surface area contributed by atoms with Gasteiger partial charge in [0.25, 0.3) is 5.91 Å². The zero-order valence-corrected chi connectivity index (χ0v) is 16.8. The van der Waals surface area contributed by atoms with Crippen molar-refractivity contribution < 1.29 is 19.1 Å². The van der Waals surface area contributed by atoms with Crippen molar-refractivity contribution in [3.05, 3.63) is 35.4 Å². The molecule has 0 unspecified atom stereocenters. The van der Waals surface area contributed by atoms with Gasteiger partial charge in [0.05, 0.1) is 25.4 Å². The van der Waals surface area contributed by atoms with Crippen LogP contribution in [0.3, 0.4) is 0 Å². The number of hydrogen-bond acceptors (Lipinski definition) is 5. The zero-order valence-electron chi connectivity index (χ0n) is 16.8. The Morgan fingerprint density at radius 1 is 0.964 bits per heavy atom. The smallest absolute Gasteiger partial charge is 0.337 e. The summed E-state index contributed by atoms with van der Waals surface area (Å²) in [6.45, 7) is 2.09. The molecule has 0 heterocycles. The van der Waals surface area contributed by atoms with E-state index in [2.05, 4.69) is 27.5 Å². The first-order valence-electron chi connectivity index (χ1n) is 9.83. The van der Waals surface area contributed by atoms with Gasteiger partial charge in [-0.05, 0) is 24.1 Å². The van der Waals surface area contributed by atoms with E-state index in [1.807, 2.05) is 0 Å². The van der Waals surface area contributed by atoms with Crippen LogP contribution in [-0.4, -0.2) is 37.7 Å². The number of benzene rings is 1. The van der Waals surface area contributed by atoms with Gasteiger partial charge in [0, 0.05) is 6.42 Å². The molecule has 28 heavy (non-hydrogen) atoms. The molecule has 154 valence electrons. The minimum absolute atomic E-state index is 0.103. The Labute approximate surface area is 166 Å². The Morgan fingerprint density at radius 3 is 2.25 bits per heavy atom. The molecule has 1 aromatic carbocycles. The lowest BCUT2D eigenvalue weighted by Crippen LogP contribution is -2.34. The number of hydrazone groups is 1. The second-order valence-corrected chi connectivity index (χ2v) is 6.55. The summed E-state index contributed by atoms with van der Waals surface area (Å²) >= 11 is 0. The Kier molecular flexibility index (Phi) is 12.0. The van der Waals surface area contributed by atoms with Crippen LogP contribution < -0.4 is 10.7 Å². The first-order chi connectivity index (χ1) is 13.6. The van der Waals surface area contributed by atoms with Crippen molar-refractivity contribution in [2.24, 2.45) is 5.10 Å². The van der Waals surface area contributed by atoms with Gasteiger partial charge in [-0.25, -0.2) is 10.2 Å². The first kappa shape index (κ1) is 23.3. The maximum Gasteiger partial charge on any atom is 0.337 e. The van der Waals surface area contributed by atoms with E-state index in [1.54, 1.807) is 24.3 Å². The van der Waals surface area contributed by atoms with Crippen LogP contribution in [0.1, 0.15) is 74.2 Å². The van der Waals surface area contributed by atoms with Crippen LogP contribution in [0.2, 0.25) is 0 Å². The van der Waals surface area contributed by atoms with Gasteiger partial charge in [-0.1, -0.05) is 57.6 Å². The molecule has 0 aromatic heterocycles. The second kappa shape index (κ2) is 14.4. The number of carbonyl (C=O) groups is 3. The first-order valence-corrected chi connectivity index (χ1v) is 9.83. The lowest BCUT2D eigenvalue weighted by atomic mass is 10.1. The molecule has 0 atom stereocenters. The Balaban J connectivity index is 2.16. The summed E-state index contributed by atoms with van der Waals surface area (Å²) in [6, 6.07) is 6.59. The van der Waals surface area contributed by atoms with Gasteiger partial charge in [0.15, 0.2) is 0 Å². The van der Waals surface area contributed by atoms with E-state index in [0.717, 1.165) is 24.8 Å². The molecule has 1 aromatic rings. The number of methoxy groups -OCH3 is 1. The summed E-state index contributed by atoms with van der Waals surface area (Å²) in [6.07, 6.45) is 9.94. The standard InChI is InChI=1S/C21H31N3O4/c1-3-4-5-6-7-8-9-10-19(25)22-16-20(26)24-23-15-17-11-13-18(14-12-17)21(27)28-2/h11-15H,3-10,16H2,1-2H3,(H,22,25)(H,24,26). The van der Waals surface area contributed by atoms with Crippen LogP contribution in [-0.2, 0) is 14.3 Å². The fraction of sp³-hybridized carbons (Fsp3) is 0.524. The molecule has 0 fully saturated rings. The maximum absolute atomic E-state index is 11.7. The Hall–Kier alpha value is -2.70. The number of nitrogens with zero attached hydrogens (tertiary/aromatic N) is 1. The van der Waals surface area contributed by atoms with Gasteiger partial charge in [-0.2, -0.15) is 5.10 Å². The number of rotatable bonds is 13. The summed E-state index contributed by atoms with van der Waals surface area (Å²) in [7, 11) is 1.32. The molecule has 7 nitrogen and oxygen atoms in total. The van der Waals surface area contributed by atoms with Crippen LogP contribution in [0, 0.1) is 0 Å². The maximum atomic E-state index is 11.7. The van der Waals surface area contributed by atoms with E-state index in [9.17, 15) is 14.4 Å². The lowest BCUT2D eigenvalue weighted by molar-refractivity contribution is -0.126. The van der Waals surface area contributed by atoms with Crippen LogP contribution in [0.25, 0.3) is 0 Å². The van der Waals surface area contributed by atoms with Crippen molar-refractivity contribution in [2.75, 3.05) is 13.7 Å². The SMILES string of the molecule is CCCCCCCCCC(=O)NCC(=O)NN=Cc1ccc(C(=O)OC)cc1. The minimum atomic E-state index is -0.413. The number of nitrogens with one attached hydrogen (secondary N) is 2. The predicted octanol–water partition coefficient (Wildman–Crippen LogP) is 3.18. The molecule has 7 heteroatoms. The fourth-order valence-electron chi connectivity index (χ4n) is 2.55. The average molecular weight is 389 g/mol. The van der Waals surface area contributed by atoms with E-state index in [-0.39, 0.29) is 12.5 Å². The van der Waals surface area contributed by atoms with Gasteiger partial charge < -0.3 is 10.1 Å². The van der Waals surface area contributed by atoms with Crippen molar-refractivity contribution in [3.63, 3.8) is 0 Å². The highest BCUT2D eigenvalue weighted by atomic mass is 16.5. The van der Waals surface area contributed by atoms with Crippen molar-refractivity contribution in [3.8, 4) is 0 Å². The molecule has 0 radical (unpaired) electrons. The van der Waals surface area contributed by atoms with Crippen LogP contribution >= 0.6 is 0 Å². The van der Waals surface area contributed by atoms with Crippen molar-refractivity contribution in [2.45, 2.75) is 58.3 Å². The number of unbranched alkanes of at least 4 members (excludes halogenated alkanes) is 6. The molecule has 0 saturated carbocycles. The summed E-state index contributed by atoms with van der Waals surface area (Å²) in [5, 5.41) is 6.43. The lowest BCUT2D eigenvalue weighted by Gasteiger charge is -2.04. The van der Waals surface area contributed by atoms with Crippen molar-refractivity contribution in [1.82, 2.24) is 10.7 Å².